The van der Waals surface area contributed by atoms with Crippen molar-refractivity contribution in [1.82, 2.24) is 0 Å². The van der Waals surface area contributed by atoms with E-state index in [9.17, 15) is 4.79 Å². The Labute approximate surface area is 135 Å². The Kier molecular flexibility index (Phi) is 5.74. The molecule has 0 spiro atoms. The molecular formula is C18H19NO4. The topological polar surface area (TPSA) is 57.1 Å². The monoisotopic (exact) mass is 313 g/mol. The molecule has 0 N–H and O–H groups in total. The van der Waals surface area contributed by atoms with Crippen LogP contribution in [0.4, 0.5) is 0 Å². The van der Waals surface area contributed by atoms with E-state index < -0.39 is 0 Å². The highest BCUT2D eigenvalue weighted by Gasteiger charge is 2.10. The summed E-state index contributed by atoms with van der Waals surface area (Å²) in [6.07, 6.45) is 0. The molecule has 0 saturated carbocycles. The van der Waals surface area contributed by atoms with E-state index in [-0.39, 0.29) is 11.8 Å². The summed E-state index contributed by atoms with van der Waals surface area (Å²) in [5, 5.41) is 0. The van der Waals surface area contributed by atoms with E-state index in [1.54, 1.807) is 62.8 Å². The van der Waals surface area contributed by atoms with E-state index in [4.69, 9.17) is 14.2 Å². The van der Waals surface area contributed by atoms with Crippen LogP contribution in [0.15, 0.2) is 53.5 Å². The molecule has 0 heterocycles. The molecular weight excluding hydrogens is 294 g/mol. The van der Waals surface area contributed by atoms with Crippen molar-refractivity contribution in [2.24, 2.45) is 4.99 Å². The highest BCUT2D eigenvalue weighted by atomic mass is 16.5. The largest absolute Gasteiger partial charge is 0.497 e. The zero-order valence-electron chi connectivity index (χ0n) is 13.4. The molecule has 1 amide bonds. The summed E-state index contributed by atoms with van der Waals surface area (Å²) < 4.78 is 15.7. The molecule has 0 atom stereocenters. The second-order valence-electron chi connectivity index (χ2n) is 4.61. The second-order valence-corrected chi connectivity index (χ2v) is 4.61. The van der Waals surface area contributed by atoms with Gasteiger partial charge in [-0.15, -0.1) is 0 Å². The number of carbonyl (C=O) groups is 1. The lowest BCUT2D eigenvalue weighted by molar-refractivity contribution is 0.0999. The first-order valence-electron chi connectivity index (χ1n) is 7.22. The molecule has 2 aromatic carbocycles. The van der Waals surface area contributed by atoms with Crippen molar-refractivity contribution in [2.75, 3.05) is 20.8 Å². The number of amides is 1. The number of benzene rings is 2. The van der Waals surface area contributed by atoms with Gasteiger partial charge in [-0.25, -0.2) is 0 Å². The molecule has 0 aliphatic carbocycles. The summed E-state index contributed by atoms with van der Waals surface area (Å²) >= 11 is 0. The van der Waals surface area contributed by atoms with Gasteiger partial charge in [-0.05, 0) is 55.5 Å². The SMILES string of the molecule is CCOC(=NC(=O)c1ccc(OC)cc1)c1ccc(OC)cc1. The summed E-state index contributed by atoms with van der Waals surface area (Å²) in [7, 11) is 3.17. The van der Waals surface area contributed by atoms with Gasteiger partial charge in [0.25, 0.3) is 5.91 Å². The molecule has 0 saturated heterocycles. The van der Waals surface area contributed by atoms with Crippen LogP contribution >= 0.6 is 0 Å². The number of ether oxygens (including phenoxy) is 3. The van der Waals surface area contributed by atoms with Gasteiger partial charge in [0.2, 0.25) is 5.90 Å². The molecule has 23 heavy (non-hydrogen) atoms. The molecule has 0 bridgehead atoms. The smallest absolute Gasteiger partial charge is 0.280 e. The maximum Gasteiger partial charge on any atom is 0.280 e. The fraction of sp³-hybridized carbons (Fsp3) is 0.222. The van der Waals surface area contributed by atoms with Gasteiger partial charge in [-0.1, -0.05) is 0 Å². The Bertz CT molecular complexity index is 675. The van der Waals surface area contributed by atoms with Crippen molar-refractivity contribution in [3.8, 4) is 11.5 Å². The Hall–Kier alpha value is -2.82. The molecule has 5 nitrogen and oxygen atoms in total. The highest BCUT2D eigenvalue weighted by molar-refractivity contribution is 6.07. The summed E-state index contributed by atoms with van der Waals surface area (Å²) in [6.45, 7) is 2.26. The van der Waals surface area contributed by atoms with Gasteiger partial charge < -0.3 is 14.2 Å². The van der Waals surface area contributed by atoms with Crippen LogP contribution in [0.2, 0.25) is 0 Å². The highest BCUT2D eigenvalue weighted by Crippen LogP contribution is 2.15. The molecule has 0 aliphatic heterocycles. The predicted molar refractivity (Wildman–Crippen MR) is 88.5 cm³/mol. The average molecular weight is 313 g/mol. The third kappa shape index (κ3) is 4.32. The second kappa shape index (κ2) is 7.98. The van der Waals surface area contributed by atoms with Gasteiger partial charge in [-0.3, -0.25) is 4.79 Å². The van der Waals surface area contributed by atoms with Crippen molar-refractivity contribution >= 4 is 11.8 Å². The van der Waals surface area contributed by atoms with Crippen LogP contribution in [-0.2, 0) is 4.74 Å². The minimum Gasteiger partial charge on any atom is -0.497 e. The normalized spacial score (nSPS) is 11.0. The molecule has 0 aromatic heterocycles. The fourth-order valence-corrected chi connectivity index (χ4v) is 1.94. The number of nitrogens with zero attached hydrogens (tertiary/aromatic N) is 1. The van der Waals surface area contributed by atoms with Gasteiger partial charge in [-0.2, -0.15) is 4.99 Å². The third-order valence-corrected chi connectivity index (χ3v) is 3.16. The standard InChI is InChI=1S/C18H19NO4/c1-4-23-18(14-7-11-16(22-3)12-8-14)19-17(20)13-5-9-15(21-2)10-6-13/h5-12H,4H2,1-3H3. The van der Waals surface area contributed by atoms with Gasteiger partial charge >= 0.3 is 0 Å². The van der Waals surface area contributed by atoms with Gasteiger partial charge in [0.15, 0.2) is 0 Å². The molecule has 120 valence electrons. The van der Waals surface area contributed by atoms with Crippen molar-refractivity contribution in [1.29, 1.82) is 0 Å². The first-order chi connectivity index (χ1) is 11.2. The summed E-state index contributed by atoms with van der Waals surface area (Å²) in [6, 6.07) is 14.0. The lowest BCUT2D eigenvalue weighted by atomic mass is 10.2. The lowest BCUT2D eigenvalue weighted by Crippen LogP contribution is -2.10. The summed E-state index contributed by atoms with van der Waals surface area (Å²) in [4.78, 5) is 16.4. The van der Waals surface area contributed by atoms with E-state index in [0.29, 0.717) is 17.9 Å². The van der Waals surface area contributed by atoms with Gasteiger partial charge in [0.1, 0.15) is 11.5 Å². The Balaban J connectivity index is 2.26. The van der Waals surface area contributed by atoms with Crippen molar-refractivity contribution < 1.29 is 19.0 Å². The zero-order chi connectivity index (χ0) is 16.7. The molecule has 5 heteroatoms. The Morgan fingerprint density at radius 3 is 1.78 bits per heavy atom. The van der Waals surface area contributed by atoms with Gasteiger partial charge in [0, 0.05) is 11.1 Å². The first kappa shape index (κ1) is 16.5. The minimum absolute atomic E-state index is 0.288. The molecule has 0 fully saturated rings. The van der Waals surface area contributed by atoms with Crippen LogP contribution in [0.5, 0.6) is 11.5 Å². The lowest BCUT2D eigenvalue weighted by Gasteiger charge is -2.08. The molecule has 2 aromatic rings. The Morgan fingerprint density at radius 1 is 0.870 bits per heavy atom. The quantitative estimate of drug-likeness (QED) is 0.627. The zero-order valence-corrected chi connectivity index (χ0v) is 13.4. The number of rotatable bonds is 5. The van der Waals surface area contributed by atoms with Gasteiger partial charge in [0.05, 0.1) is 20.8 Å². The molecule has 0 unspecified atom stereocenters. The third-order valence-electron chi connectivity index (χ3n) is 3.16. The van der Waals surface area contributed by atoms with E-state index in [0.717, 1.165) is 11.3 Å². The van der Waals surface area contributed by atoms with Crippen LogP contribution in [0.1, 0.15) is 22.8 Å². The maximum absolute atomic E-state index is 12.3. The number of methoxy groups -OCH3 is 2. The van der Waals surface area contributed by atoms with Crippen LogP contribution in [0, 0.1) is 0 Å². The van der Waals surface area contributed by atoms with Crippen molar-refractivity contribution in [2.45, 2.75) is 6.92 Å². The molecule has 0 aliphatic rings. The van der Waals surface area contributed by atoms with Crippen LogP contribution in [0.3, 0.4) is 0 Å². The van der Waals surface area contributed by atoms with Crippen molar-refractivity contribution in [3.63, 3.8) is 0 Å². The average Bonchev–Trinajstić information content (AvgIpc) is 2.61. The molecule has 2 rings (SSSR count). The summed E-state index contributed by atoms with van der Waals surface area (Å²) in [5.74, 6) is 1.33. The number of hydrogen-bond acceptors (Lipinski definition) is 4. The maximum atomic E-state index is 12.3. The Morgan fingerprint density at radius 2 is 1.35 bits per heavy atom. The van der Waals surface area contributed by atoms with E-state index in [1.807, 2.05) is 6.92 Å². The van der Waals surface area contributed by atoms with Crippen LogP contribution < -0.4 is 9.47 Å². The van der Waals surface area contributed by atoms with E-state index in [2.05, 4.69) is 4.99 Å². The fourth-order valence-electron chi connectivity index (χ4n) is 1.94. The number of aliphatic imine (C=N–C) groups is 1. The molecule has 0 radical (unpaired) electrons. The van der Waals surface area contributed by atoms with Crippen LogP contribution in [-0.4, -0.2) is 32.6 Å². The predicted octanol–water partition coefficient (Wildman–Crippen LogP) is 3.33. The summed E-state index contributed by atoms with van der Waals surface area (Å²) in [5.41, 5.74) is 1.19. The van der Waals surface area contributed by atoms with E-state index in [1.165, 1.54) is 0 Å². The first-order valence-corrected chi connectivity index (χ1v) is 7.22. The number of carbonyl (C=O) groups excluding carboxylic acids is 1. The minimum atomic E-state index is -0.369. The van der Waals surface area contributed by atoms with Crippen LogP contribution in [0.25, 0.3) is 0 Å². The van der Waals surface area contributed by atoms with Crippen molar-refractivity contribution in [3.05, 3.63) is 59.7 Å². The van der Waals surface area contributed by atoms with E-state index >= 15 is 0 Å². The number of hydrogen-bond donors (Lipinski definition) is 0.